The minimum Gasteiger partial charge on any atom is -0.480 e. The van der Waals surface area contributed by atoms with Gasteiger partial charge in [-0.2, -0.15) is 0 Å². The molecule has 0 heterocycles. The van der Waals surface area contributed by atoms with Gasteiger partial charge in [-0.1, -0.05) is 0 Å². The predicted octanol–water partition coefficient (Wildman–Crippen LogP) is -0.819. The van der Waals surface area contributed by atoms with Crippen molar-refractivity contribution >= 4 is 5.97 Å². The third kappa shape index (κ3) is 5.79. The molecule has 0 rings (SSSR count). The first-order valence-corrected chi connectivity index (χ1v) is 2.33. The zero-order valence-corrected chi connectivity index (χ0v) is 6.18. The van der Waals surface area contributed by atoms with E-state index in [1.165, 1.54) is 0 Å². The summed E-state index contributed by atoms with van der Waals surface area (Å²) in [6.45, 7) is 1.55. The summed E-state index contributed by atoms with van der Waals surface area (Å²) in [6, 6.07) is -0.528. The van der Waals surface area contributed by atoms with E-state index in [4.69, 9.17) is 5.11 Å². The number of carboxylic acids is 1. The van der Waals surface area contributed by atoms with Crippen molar-refractivity contribution in [2.45, 2.75) is 13.0 Å². The van der Waals surface area contributed by atoms with Crippen molar-refractivity contribution in [1.82, 2.24) is 10.9 Å². The molecule has 4 nitrogen and oxygen atoms in total. The number of hydrogen-bond acceptors (Lipinski definition) is 3. The van der Waals surface area contributed by atoms with Crippen LogP contribution in [0.15, 0.2) is 0 Å². The second-order valence-electron chi connectivity index (χ2n) is 1.45. The van der Waals surface area contributed by atoms with Gasteiger partial charge in [0.25, 0.3) is 0 Å². The molecule has 0 amide bonds. The largest absolute Gasteiger partial charge is 2.00 e. The Kier molecular flexibility index (Phi) is 7.83. The Bertz CT molecular complexity index is 88.6. The van der Waals surface area contributed by atoms with Crippen molar-refractivity contribution < 1.29 is 27.0 Å². The maximum Gasteiger partial charge on any atom is 2.00 e. The van der Waals surface area contributed by atoms with Crippen LogP contribution in [0.25, 0.3) is 0 Å². The quantitative estimate of drug-likeness (QED) is 0.394. The summed E-state index contributed by atoms with van der Waals surface area (Å²) in [6.07, 6.45) is 0. The van der Waals surface area contributed by atoms with Gasteiger partial charge in [0, 0.05) is 0 Å². The van der Waals surface area contributed by atoms with Crippen LogP contribution in [0.1, 0.15) is 6.92 Å². The maximum absolute atomic E-state index is 9.99. The van der Waals surface area contributed by atoms with E-state index in [-0.39, 0.29) is 17.1 Å². The second kappa shape index (κ2) is 6.04. The Balaban J connectivity index is 0. The van der Waals surface area contributed by atoms with Crippen molar-refractivity contribution in [2.24, 2.45) is 0 Å². The molecule has 0 spiro atoms. The van der Waals surface area contributed by atoms with E-state index in [2.05, 4.69) is 10.9 Å². The molecule has 9 heavy (non-hydrogen) atoms. The fraction of sp³-hybridized carbons (Fsp3) is 0.750. The standard InChI is InChI=1S/C4H10N2O2.Cu/c1-3(4(7)8)6-5-2;/h3,5-6H,1-2H3,(H,7,8);/q;+2/t3-;/m0./s1. The minimum atomic E-state index is -0.862. The predicted molar refractivity (Wildman–Crippen MR) is 29.3 cm³/mol. The van der Waals surface area contributed by atoms with E-state index in [1.54, 1.807) is 14.0 Å². The molecule has 0 aliphatic heterocycles. The third-order valence-corrected chi connectivity index (χ3v) is 0.731. The van der Waals surface area contributed by atoms with Crippen LogP contribution in [0.5, 0.6) is 0 Å². The summed E-state index contributed by atoms with van der Waals surface area (Å²) in [7, 11) is 1.62. The van der Waals surface area contributed by atoms with Gasteiger partial charge in [0.05, 0.1) is 0 Å². The number of rotatable bonds is 3. The fourth-order valence-corrected chi connectivity index (χ4v) is 0.278. The van der Waals surface area contributed by atoms with E-state index < -0.39 is 12.0 Å². The normalized spacial score (nSPS) is 11.8. The molecule has 0 aromatic rings. The van der Waals surface area contributed by atoms with E-state index in [0.29, 0.717) is 0 Å². The van der Waals surface area contributed by atoms with Crippen molar-refractivity contribution in [3.05, 3.63) is 0 Å². The molecule has 0 aliphatic rings. The van der Waals surface area contributed by atoms with Crippen molar-refractivity contribution in [1.29, 1.82) is 0 Å². The Labute approximate surface area is 64.5 Å². The zero-order valence-electron chi connectivity index (χ0n) is 5.23. The van der Waals surface area contributed by atoms with Crippen LogP contribution < -0.4 is 10.9 Å². The SMILES string of the molecule is CNN[C@@H](C)C(=O)O.[Cu+2]. The fourth-order valence-electron chi connectivity index (χ4n) is 0.278. The molecule has 0 aromatic carbocycles. The molecule has 0 unspecified atom stereocenters. The smallest absolute Gasteiger partial charge is 0.480 e. The number of carbonyl (C=O) groups is 1. The number of hydrazine groups is 1. The van der Waals surface area contributed by atoms with E-state index >= 15 is 0 Å². The molecule has 0 fully saturated rings. The van der Waals surface area contributed by atoms with Crippen LogP contribution in [-0.4, -0.2) is 24.2 Å². The minimum absolute atomic E-state index is 0. The van der Waals surface area contributed by atoms with Crippen LogP contribution in [-0.2, 0) is 21.9 Å². The average molecular weight is 182 g/mol. The van der Waals surface area contributed by atoms with Crippen LogP contribution in [0.4, 0.5) is 0 Å². The van der Waals surface area contributed by atoms with Crippen molar-refractivity contribution in [3.8, 4) is 0 Å². The van der Waals surface area contributed by atoms with Crippen molar-refractivity contribution in [2.75, 3.05) is 7.05 Å². The number of nitrogens with one attached hydrogen (secondary N) is 2. The van der Waals surface area contributed by atoms with Gasteiger partial charge >= 0.3 is 23.0 Å². The Morgan fingerprint density at radius 2 is 2.11 bits per heavy atom. The topological polar surface area (TPSA) is 61.4 Å². The van der Waals surface area contributed by atoms with Crippen LogP contribution in [0.2, 0.25) is 0 Å². The van der Waals surface area contributed by atoms with Gasteiger partial charge < -0.3 is 5.11 Å². The van der Waals surface area contributed by atoms with Gasteiger partial charge in [-0.3, -0.25) is 10.2 Å². The van der Waals surface area contributed by atoms with Crippen LogP contribution >= 0.6 is 0 Å². The first-order chi connectivity index (χ1) is 3.68. The molecular weight excluding hydrogens is 172 g/mol. The maximum atomic E-state index is 9.99. The number of hydrogen-bond donors (Lipinski definition) is 3. The summed E-state index contributed by atoms with van der Waals surface area (Å²) in [5.41, 5.74) is 5.01. The van der Waals surface area contributed by atoms with Crippen molar-refractivity contribution in [3.63, 3.8) is 0 Å². The summed E-state index contributed by atoms with van der Waals surface area (Å²) >= 11 is 0. The van der Waals surface area contributed by atoms with Gasteiger partial charge in [0.1, 0.15) is 6.04 Å². The van der Waals surface area contributed by atoms with Crippen LogP contribution in [0.3, 0.4) is 0 Å². The van der Waals surface area contributed by atoms with Gasteiger partial charge in [-0.25, -0.2) is 5.43 Å². The van der Waals surface area contributed by atoms with E-state index in [1.807, 2.05) is 0 Å². The molecule has 3 N–H and O–H groups in total. The Hall–Kier alpha value is -0.0905. The number of carboxylic acid groups (broad SMARTS) is 1. The third-order valence-electron chi connectivity index (χ3n) is 0.731. The summed E-state index contributed by atoms with van der Waals surface area (Å²) in [5, 5.41) is 8.21. The molecule has 0 saturated carbocycles. The van der Waals surface area contributed by atoms with E-state index in [9.17, 15) is 4.79 Å². The number of aliphatic carboxylic acids is 1. The molecule has 1 radical (unpaired) electrons. The zero-order chi connectivity index (χ0) is 6.57. The molecule has 1 atom stereocenters. The Morgan fingerprint density at radius 3 is 2.22 bits per heavy atom. The molecule has 0 bridgehead atoms. The Morgan fingerprint density at radius 1 is 1.67 bits per heavy atom. The molecule has 0 aliphatic carbocycles. The molecule has 5 heteroatoms. The van der Waals surface area contributed by atoms with Gasteiger partial charge in [-0.05, 0) is 14.0 Å². The van der Waals surface area contributed by atoms with Crippen LogP contribution in [0, 0.1) is 0 Å². The monoisotopic (exact) mass is 181 g/mol. The average Bonchev–Trinajstić information content (AvgIpc) is 1.67. The van der Waals surface area contributed by atoms with Gasteiger partial charge in [0.2, 0.25) is 0 Å². The van der Waals surface area contributed by atoms with E-state index in [0.717, 1.165) is 0 Å². The summed E-state index contributed by atoms with van der Waals surface area (Å²) < 4.78 is 0. The summed E-state index contributed by atoms with van der Waals surface area (Å²) in [4.78, 5) is 9.99. The molecule has 0 aromatic heterocycles. The first-order valence-electron chi connectivity index (χ1n) is 2.33. The summed E-state index contributed by atoms with van der Waals surface area (Å²) in [5.74, 6) is -0.862. The molecule has 57 valence electrons. The molecule has 0 saturated heterocycles. The molecular formula is C4H10CuN2O2+2. The van der Waals surface area contributed by atoms with Gasteiger partial charge in [0.15, 0.2) is 0 Å². The van der Waals surface area contributed by atoms with Gasteiger partial charge in [-0.15, -0.1) is 0 Å². The first kappa shape index (κ1) is 11.7. The second-order valence-corrected chi connectivity index (χ2v) is 1.45.